The van der Waals surface area contributed by atoms with E-state index < -0.39 is 22.0 Å². The first kappa shape index (κ1) is 32.9. The molecule has 0 bridgehead atoms. The van der Waals surface area contributed by atoms with Crippen LogP contribution in [0, 0.1) is 10.1 Å². The van der Waals surface area contributed by atoms with Crippen LogP contribution in [0.3, 0.4) is 0 Å². The van der Waals surface area contributed by atoms with E-state index in [9.17, 15) is 24.5 Å². The van der Waals surface area contributed by atoms with Crippen molar-refractivity contribution < 1.29 is 19.3 Å². The number of thioether (sulfide) groups is 1. The second-order valence-corrected chi connectivity index (χ2v) is 12.2. The molecule has 5 rings (SSSR count). The standard InChI is InChI=1S/C36H27BrN4O5S/c37-27-16-18-28(19-17-27)38-36(44)33(25-8-3-1-4-9-25)47-31-13-7-12-29(23-31)39-35(43)32(40-34(42)26-10-5-2-6-11-26)22-24-14-20-30(21-15-24)41(45)46/h1-23,33H,(H,38,44)(H,39,43)(H,40,42)/b32-22+. The molecule has 0 heterocycles. The van der Waals surface area contributed by atoms with Crippen molar-refractivity contribution in [2.24, 2.45) is 0 Å². The number of anilines is 2. The number of amides is 3. The first-order chi connectivity index (χ1) is 22.7. The number of carbonyl (C=O) groups is 3. The third-order valence-corrected chi connectivity index (χ3v) is 8.52. The van der Waals surface area contributed by atoms with Gasteiger partial charge in [0.05, 0.1) is 4.92 Å². The molecule has 0 saturated heterocycles. The number of hydrogen-bond acceptors (Lipinski definition) is 6. The smallest absolute Gasteiger partial charge is 0.272 e. The molecule has 0 aromatic heterocycles. The van der Waals surface area contributed by atoms with Crippen LogP contribution < -0.4 is 16.0 Å². The molecule has 0 spiro atoms. The minimum atomic E-state index is -0.609. The Hall–Kier alpha value is -5.52. The molecule has 5 aromatic carbocycles. The van der Waals surface area contributed by atoms with Crippen molar-refractivity contribution in [2.45, 2.75) is 10.1 Å². The van der Waals surface area contributed by atoms with E-state index in [-0.39, 0.29) is 17.3 Å². The number of carbonyl (C=O) groups excluding carboxylic acids is 3. The highest BCUT2D eigenvalue weighted by Crippen LogP contribution is 2.37. The van der Waals surface area contributed by atoms with Crippen molar-refractivity contribution in [1.82, 2.24) is 5.32 Å². The predicted molar refractivity (Wildman–Crippen MR) is 188 cm³/mol. The van der Waals surface area contributed by atoms with E-state index in [1.165, 1.54) is 42.1 Å². The average molecular weight is 708 g/mol. The fourth-order valence-electron chi connectivity index (χ4n) is 4.42. The van der Waals surface area contributed by atoms with Crippen LogP contribution in [0.15, 0.2) is 149 Å². The number of nitro groups is 1. The Morgan fingerprint density at radius 1 is 0.745 bits per heavy atom. The third-order valence-electron chi connectivity index (χ3n) is 6.74. The molecule has 3 N–H and O–H groups in total. The summed E-state index contributed by atoms with van der Waals surface area (Å²) in [5.41, 5.74) is 2.55. The van der Waals surface area contributed by atoms with E-state index in [4.69, 9.17) is 0 Å². The summed E-state index contributed by atoms with van der Waals surface area (Å²) in [6.07, 6.45) is 1.44. The van der Waals surface area contributed by atoms with Crippen LogP contribution in [0.4, 0.5) is 17.1 Å². The zero-order valence-electron chi connectivity index (χ0n) is 24.6. The van der Waals surface area contributed by atoms with Crippen LogP contribution in [0.2, 0.25) is 0 Å². The van der Waals surface area contributed by atoms with Gasteiger partial charge in [0.2, 0.25) is 5.91 Å². The van der Waals surface area contributed by atoms with Crippen LogP contribution in [0.25, 0.3) is 6.08 Å². The van der Waals surface area contributed by atoms with E-state index in [1.54, 1.807) is 48.5 Å². The molecule has 5 aromatic rings. The summed E-state index contributed by atoms with van der Waals surface area (Å²) in [6, 6.07) is 37.8. The van der Waals surface area contributed by atoms with Crippen LogP contribution in [0.5, 0.6) is 0 Å². The minimum absolute atomic E-state index is 0.0678. The Kier molecular flexibility index (Phi) is 10.9. The molecule has 0 aliphatic carbocycles. The Balaban J connectivity index is 1.38. The van der Waals surface area contributed by atoms with Crippen LogP contribution in [-0.2, 0) is 9.59 Å². The van der Waals surface area contributed by atoms with Crippen molar-refractivity contribution in [3.8, 4) is 0 Å². The van der Waals surface area contributed by atoms with Gasteiger partial charge in [-0.3, -0.25) is 24.5 Å². The summed E-state index contributed by atoms with van der Waals surface area (Å²) in [5, 5.41) is 19.0. The SMILES string of the molecule is O=C(Nc1cccc(SC(C(=O)Nc2ccc(Br)cc2)c2ccccc2)c1)/C(=C\c1ccc([N+](=O)[O-])cc1)NC(=O)c1ccccc1. The van der Waals surface area contributed by atoms with Crippen molar-refractivity contribution in [1.29, 1.82) is 0 Å². The summed E-state index contributed by atoms with van der Waals surface area (Å²) in [4.78, 5) is 51.4. The van der Waals surface area contributed by atoms with Gasteiger partial charge in [-0.15, -0.1) is 11.8 Å². The second kappa shape index (κ2) is 15.7. The predicted octanol–water partition coefficient (Wildman–Crippen LogP) is 8.24. The Morgan fingerprint density at radius 2 is 1.40 bits per heavy atom. The van der Waals surface area contributed by atoms with Gasteiger partial charge >= 0.3 is 0 Å². The number of non-ortho nitro benzene ring substituents is 1. The highest BCUT2D eigenvalue weighted by molar-refractivity contribution is 9.10. The number of nitrogens with one attached hydrogen (secondary N) is 3. The molecule has 11 heteroatoms. The molecule has 234 valence electrons. The van der Waals surface area contributed by atoms with E-state index in [0.717, 1.165) is 14.9 Å². The lowest BCUT2D eigenvalue weighted by molar-refractivity contribution is -0.384. The highest BCUT2D eigenvalue weighted by atomic mass is 79.9. The summed E-state index contributed by atoms with van der Waals surface area (Å²) < 4.78 is 0.897. The maximum Gasteiger partial charge on any atom is 0.272 e. The second-order valence-electron chi connectivity index (χ2n) is 10.1. The third kappa shape index (κ3) is 9.25. The van der Waals surface area contributed by atoms with Gasteiger partial charge in [-0.05, 0) is 83.9 Å². The number of benzene rings is 5. The highest BCUT2D eigenvalue weighted by Gasteiger charge is 2.23. The largest absolute Gasteiger partial charge is 0.325 e. The van der Waals surface area contributed by atoms with Crippen LogP contribution >= 0.6 is 27.7 Å². The van der Waals surface area contributed by atoms with E-state index >= 15 is 0 Å². The Bertz CT molecular complexity index is 1920. The fraction of sp³-hybridized carbons (Fsp3) is 0.0278. The number of nitro benzene ring substituents is 1. The molecule has 1 atom stereocenters. The number of halogens is 1. The van der Waals surface area contributed by atoms with E-state index in [0.29, 0.717) is 22.5 Å². The van der Waals surface area contributed by atoms with Gasteiger partial charge in [-0.1, -0.05) is 70.5 Å². The fourth-order valence-corrected chi connectivity index (χ4v) is 5.77. The van der Waals surface area contributed by atoms with Crippen molar-refractivity contribution >= 4 is 68.6 Å². The summed E-state index contributed by atoms with van der Waals surface area (Å²) in [6.45, 7) is 0. The van der Waals surface area contributed by atoms with Crippen molar-refractivity contribution in [3.63, 3.8) is 0 Å². The van der Waals surface area contributed by atoms with Crippen LogP contribution in [0.1, 0.15) is 26.7 Å². The zero-order valence-corrected chi connectivity index (χ0v) is 27.0. The van der Waals surface area contributed by atoms with Gasteiger partial charge in [-0.25, -0.2) is 0 Å². The Labute approximate surface area is 283 Å². The Morgan fingerprint density at radius 3 is 2.06 bits per heavy atom. The summed E-state index contributed by atoms with van der Waals surface area (Å²) in [5.74, 6) is -1.32. The molecule has 47 heavy (non-hydrogen) atoms. The maximum absolute atomic E-state index is 13.6. The monoisotopic (exact) mass is 706 g/mol. The van der Waals surface area contributed by atoms with Gasteiger partial charge in [0.25, 0.3) is 17.5 Å². The average Bonchev–Trinajstić information content (AvgIpc) is 3.09. The van der Waals surface area contributed by atoms with Crippen molar-refractivity contribution in [3.05, 3.63) is 170 Å². The molecular weight excluding hydrogens is 680 g/mol. The lowest BCUT2D eigenvalue weighted by Crippen LogP contribution is -2.30. The maximum atomic E-state index is 13.6. The zero-order chi connectivity index (χ0) is 33.2. The molecule has 0 saturated carbocycles. The minimum Gasteiger partial charge on any atom is -0.325 e. The quantitative estimate of drug-likeness (QED) is 0.0549. The number of rotatable bonds is 11. The topological polar surface area (TPSA) is 130 Å². The van der Waals surface area contributed by atoms with Gasteiger partial charge in [0, 0.05) is 38.4 Å². The lowest BCUT2D eigenvalue weighted by atomic mass is 10.1. The van der Waals surface area contributed by atoms with Crippen molar-refractivity contribution in [2.75, 3.05) is 10.6 Å². The molecule has 0 aliphatic rings. The molecule has 0 aliphatic heterocycles. The first-order valence-electron chi connectivity index (χ1n) is 14.3. The molecule has 0 fully saturated rings. The molecule has 1 unspecified atom stereocenters. The van der Waals surface area contributed by atoms with Gasteiger partial charge in [0.1, 0.15) is 10.9 Å². The van der Waals surface area contributed by atoms with E-state index in [1.807, 2.05) is 60.7 Å². The van der Waals surface area contributed by atoms with E-state index in [2.05, 4.69) is 31.9 Å². The first-order valence-corrected chi connectivity index (χ1v) is 15.9. The number of hydrogen-bond donors (Lipinski definition) is 3. The summed E-state index contributed by atoms with van der Waals surface area (Å²) in [7, 11) is 0. The van der Waals surface area contributed by atoms with Crippen LogP contribution in [-0.4, -0.2) is 22.6 Å². The molecule has 0 radical (unpaired) electrons. The van der Waals surface area contributed by atoms with Gasteiger partial charge in [0.15, 0.2) is 0 Å². The van der Waals surface area contributed by atoms with Gasteiger partial charge in [-0.2, -0.15) is 0 Å². The lowest BCUT2D eigenvalue weighted by Gasteiger charge is -2.18. The molecular formula is C36H27BrN4O5S. The summed E-state index contributed by atoms with van der Waals surface area (Å²) >= 11 is 4.73. The molecule has 9 nitrogen and oxygen atoms in total. The normalized spacial score (nSPS) is 11.6. The molecule has 3 amide bonds. The van der Waals surface area contributed by atoms with Gasteiger partial charge < -0.3 is 16.0 Å². The number of nitrogens with zero attached hydrogens (tertiary/aromatic N) is 1.